The van der Waals surface area contributed by atoms with Crippen LogP contribution >= 0.6 is 0 Å². The number of rotatable bonds is 4. The second-order valence-corrected chi connectivity index (χ2v) is 4.00. The lowest BCUT2D eigenvalue weighted by Crippen LogP contribution is -2.12. The van der Waals surface area contributed by atoms with Crippen molar-refractivity contribution in [2.45, 2.75) is 18.6 Å². The van der Waals surface area contributed by atoms with Gasteiger partial charge in [-0.25, -0.2) is 0 Å². The van der Waals surface area contributed by atoms with Crippen molar-refractivity contribution in [3.05, 3.63) is 36.9 Å². The summed E-state index contributed by atoms with van der Waals surface area (Å²) < 4.78 is 5.22. The predicted molar refractivity (Wildman–Crippen MR) is 61.1 cm³/mol. The van der Waals surface area contributed by atoms with Crippen molar-refractivity contribution >= 4 is 11.0 Å². The Morgan fingerprint density at radius 2 is 2.06 bits per heavy atom. The molecule has 1 aromatic carbocycles. The predicted octanol–water partition coefficient (Wildman–Crippen LogP) is 1.95. The quantitative estimate of drug-likeness (QED) is 0.578. The van der Waals surface area contributed by atoms with E-state index in [1.165, 1.54) is 0 Å². The molecule has 0 spiro atoms. The molecule has 1 saturated heterocycles. The van der Waals surface area contributed by atoms with Gasteiger partial charge < -0.3 is 4.74 Å². The van der Waals surface area contributed by atoms with Gasteiger partial charge >= 0.3 is 0 Å². The van der Waals surface area contributed by atoms with Gasteiger partial charge in [0.25, 0.3) is 0 Å². The number of allylic oxidation sites excluding steroid dienone is 1. The summed E-state index contributed by atoms with van der Waals surface area (Å²) in [6, 6.07) is 7.99. The summed E-state index contributed by atoms with van der Waals surface area (Å²) in [5.74, 6) is 0. The van der Waals surface area contributed by atoms with Crippen LogP contribution in [0.5, 0.6) is 0 Å². The number of fused-ring (bicyclic) bond motifs is 1. The molecule has 0 radical (unpaired) electrons. The second kappa shape index (κ2) is 3.72. The molecule has 4 heteroatoms. The zero-order chi connectivity index (χ0) is 11.0. The van der Waals surface area contributed by atoms with Crippen LogP contribution in [0.1, 0.15) is 12.5 Å². The standard InChI is InChI=1S/C12H13N3O/c1-2-9(7-10-8-16-10)15-13-11-5-3-4-6-12(11)14-15/h2-6,9-10H,1,7-8H2. The molecule has 1 fully saturated rings. The molecule has 1 aliphatic heterocycles. The Morgan fingerprint density at radius 1 is 1.44 bits per heavy atom. The number of nitrogens with zero attached hydrogens (tertiary/aromatic N) is 3. The molecule has 2 atom stereocenters. The van der Waals surface area contributed by atoms with Gasteiger partial charge in [-0.1, -0.05) is 18.2 Å². The molecule has 3 rings (SSSR count). The van der Waals surface area contributed by atoms with E-state index < -0.39 is 0 Å². The van der Waals surface area contributed by atoms with E-state index in [0.717, 1.165) is 24.1 Å². The fourth-order valence-corrected chi connectivity index (χ4v) is 1.78. The van der Waals surface area contributed by atoms with E-state index in [-0.39, 0.29) is 6.04 Å². The smallest absolute Gasteiger partial charge is 0.113 e. The van der Waals surface area contributed by atoms with Crippen molar-refractivity contribution in [3.8, 4) is 0 Å². The third kappa shape index (κ3) is 1.72. The molecule has 0 saturated carbocycles. The Morgan fingerprint density at radius 3 is 2.56 bits per heavy atom. The average molecular weight is 215 g/mol. The Kier molecular flexibility index (Phi) is 2.22. The molecule has 82 valence electrons. The zero-order valence-corrected chi connectivity index (χ0v) is 8.91. The van der Waals surface area contributed by atoms with Crippen LogP contribution < -0.4 is 0 Å². The van der Waals surface area contributed by atoms with Crippen LogP contribution in [0.25, 0.3) is 11.0 Å². The highest BCUT2D eigenvalue weighted by atomic mass is 16.6. The molecule has 0 bridgehead atoms. The fraction of sp³-hybridized carbons (Fsp3) is 0.333. The summed E-state index contributed by atoms with van der Waals surface area (Å²) >= 11 is 0. The molecule has 0 aliphatic carbocycles. The third-order valence-corrected chi connectivity index (χ3v) is 2.78. The lowest BCUT2D eigenvalue weighted by molar-refractivity contribution is 0.351. The molecule has 2 unspecified atom stereocenters. The van der Waals surface area contributed by atoms with Gasteiger partial charge in [0.1, 0.15) is 11.0 Å². The van der Waals surface area contributed by atoms with E-state index in [1.54, 1.807) is 4.80 Å². The Bertz CT molecular complexity index is 483. The first-order valence-electron chi connectivity index (χ1n) is 5.42. The van der Waals surface area contributed by atoms with Gasteiger partial charge in [-0.05, 0) is 12.1 Å². The van der Waals surface area contributed by atoms with Crippen LogP contribution in [-0.2, 0) is 4.74 Å². The van der Waals surface area contributed by atoms with E-state index in [9.17, 15) is 0 Å². The van der Waals surface area contributed by atoms with Crippen molar-refractivity contribution in [1.82, 2.24) is 15.0 Å². The SMILES string of the molecule is C=CC(CC1CO1)n1nc2ccccc2n1. The number of benzene rings is 1. The summed E-state index contributed by atoms with van der Waals surface area (Å²) in [5.41, 5.74) is 1.84. The lowest BCUT2D eigenvalue weighted by atomic mass is 10.2. The number of hydrogen-bond donors (Lipinski definition) is 0. The fourth-order valence-electron chi connectivity index (χ4n) is 1.78. The maximum atomic E-state index is 5.22. The minimum atomic E-state index is 0.125. The van der Waals surface area contributed by atoms with Gasteiger partial charge in [-0.15, -0.1) is 6.58 Å². The molecule has 2 aromatic rings. The Hall–Kier alpha value is -1.68. The first-order valence-corrected chi connectivity index (χ1v) is 5.42. The van der Waals surface area contributed by atoms with Gasteiger partial charge in [0.15, 0.2) is 0 Å². The molecule has 0 N–H and O–H groups in total. The zero-order valence-electron chi connectivity index (χ0n) is 8.91. The van der Waals surface area contributed by atoms with Crippen molar-refractivity contribution in [1.29, 1.82) is 0 Å². The van der Waals surface area contributed by atoms with E-state index in [0.29, 0.717) is 6.10 Å². The highest BCUT2D eigenvalue weighted by Gasteiger charge is 2.27. The summed E-state index contributed by atoms with van der Waals surface area (Å²) in [5, 5.41) is 8.89. The van der Waals surface area contributed by atoms with E-state index >= 15 is 0 Å². The Labute approximate surface area is 93.5 Å². The summed E-state index contributed by atoms with van der Waals surface area (Å²) in [4.78, 5) is 1.74. The van der Waals surface area contributed by atoms with Crippen molar-refractivity contribution in [3.63, 3.8) is 0 Å². The molecular formula is C12H13N3O. The number of aromatic nitrogens is 3. The number of ether oxygens (including phenoxy) is 1. The van der Waals surface area contributed by atoms with E-state index in [4.69, 9.17) is 4.74 Å². The monoisotopic (exact) mass is 215 g/mol. The lowest BCUT2D eigenvalue weighted by Gasteiger charge is -2.08. The molecule has 1 aromatic heterocycles. The van der Waals surface area contributed by atoms with Gasteiger partial charge in [-0.3, -0.25) is 0 Å². The minimum absolute atomic E-state index is 0.125. The summed E-state index contributed by atoms with van der Waals surface area (Å²) in [7, 11) is 0. The van der Waals surface area contributed by atoms with Crippen LogP contribution in [-0.4, -0.2) is 27.7 Å². The minimum Gasteiger partial charge on any atom is -0.373 e. The number of hydrogen-bond acceptors (Lipinski definition) is 3. The Balaban J connectivity index is 1.93. The van der Waals surface area contributed by atoms with Crippen molar-refractivity contribution in [2.75, 3.05) is 6.61 Å². The highest BCUT2D eigenvalue weighted by Crippen LogP contribution is 2.23. The van der Waals surface area contributed by atoms with E-state index in [2.05, 4.69) is 16.8 Å². The van der Waals surface area contributed by atoms with Gasteiger partial charge in [0.05, 0.1) is 18.8 Å². The molecule has 2 heterocycles. The normalized spacial score (nSPS) is 20.9. The molecule has 4 nitrogen and oxygen atoms in total. The molecule has 0 amide bonds. The molecule has 1 aliphatic rings. The average Bonchev–Trinajstić information content (AvgIpc) is 3.02. The third-order valence-electron chi connectivity index (χ3n) is 2.78. The van der Waals surface area contributed by atoms with Crippen LogP contribution in [0.2, 0.25) is 0 Å². The highest BCUT2D eigenvalue weighted by molar-refractivity contribution is 5.73. The van der Waals surface area contributed by atoms with E-state index in [1.807, 2.05) is 30.3 Å². The van der Waals surface area contributed by atoms with Gasteiger partial charge in [0.2, 0.25) is 0 Å². The summed E-state index contributed by atoms with van der Waals surface area (Å²) in [6.07, 6.45) is 3.14. The van der Waals surface area contributed by atoms with Crippen LogP contribution in [0.4, 0.5) is 0 Å². The van der Waals surface area contributed by atoms with Crippen LogP contribution in [0.15, 0.2) is 36.9 Å². The van der Waals surface area contributed by atoms with Crippen molar-refractivity contribution in [2.24, 2.45) is 0 Å². The maximum absolute atomic E-state index is 5.22. The first kappa shape index (κ1) is 9.54. The van der Waals surface area contributed by atoms with Crippen molar-refractivity contribution < 1.29 is 4.74 Å². The van der Waals surface area contributed by atoms with Gasteiger partial charge in [0, 0.05) is 6.42 Å². The summed E-state index contributed by atoms with van der Waals surface area (Å²) in [6.45, 7) is 4.68. The van der Waals surface area contributed by atoms with Crippen LogP contribution in [0.3, 0.4) is 0 Å². The maximum Gasteiger partial charge on any atom is 0.113 e. The molecular weight excluding hydrogens is 202 g/mol. The largest absolute Gasteiger partial charge is 0.373 e. The first-order chi connectivity index (χ1) is 7.86. The van der Waals surface area contributed by atoms with Crippen LogP contribution in [0, 0.1) is 0 Å². The number of epoxide rings is 1. The topological polar surface area (TPSA) is 43.2 Å². The molecule has 16 heavy (non-hydrogen) atoms. The second-order valence-electron chi connectivity index (χ2n) is 4.00. The van der Waals surface area contributed by atoms with Gasteiger partial charge in [-0.2, -0.15) is 15.0 Å².